The van der Waals surface area contributed by atoms with E-state index in [-0.39, 0.29) is 17.9 Å². The quantitative estimate of drug-likeness (QED) is 0.480. The number of carbonyl (C=O) groups is 1. The van der Waals surface area contributed by atoms with Crippen LogP contribution in [0, 0.1) is 0 Å². The van der Waals surface area contributed by atoms with Crippen molar-refractivity contribution in [1.29, 1.82) is 0 Å². The standard InChI is InChI=1S/C23H20N4O4/c1-30-17-8-6-15(7-9-17)14-31-20-12-16(10-11-24-20)13-25-23(29)21-26-19-5-3-2-4-18(19)22(28)27-21/h2-12H,13-14H2,1H3,(H,25,29)(H,26,27,28). The maximum atomic E-state index is 12.5. The minimum absolute atomic E-state index is 0.0336. The highest BCUT2D eigenvalue weighted by atomic mass is 16.5. The van der Waals surface area contributed by atoms with Crippen molar-refractivity contribution in [1.82, 2.24) is 20.3 Å². The number of methoxy groups -OCH3 is 1. The monoisotopic (exact) mass is 416 g/mol. The topological polar surface area (TPSA) is 106 Å². The third kappa shape index (κ3) is 4.87. The summed E-state index contributed by atoms with van der Waals surface area (Å²) in [6.07, 6.45) is 1.61. The number of nitrogens with one attached hydrogen (secondary N) is 2. The third-order valence-corrected chi connectivity index (χ3v) is 4.63. The Balaban J connectivity index is 1.38. The second-order valence-electron chi connectivity index (χ2n) is 6.75. The van der Waals surface area contributed by atoms with Crippen molar-refractivity contribution < 1.29 is 14.3 Å². The Morgan fingerprint density at radius 3 is 2.68 bits per heavy atom. The van der Waals surface area contributed by atoms with E-state index < -0.39 is 5.91 Å². The van der Waals surface area contributed by atoms with E-state index >= 15 is 0 Å². The molecule has 0 bridgehead atoms. The number of ether oxygens (including phenoxy) is 2. The summed E-state index contributed by atoms with van der Waals surface area (Å²) >= 11 is 0. The first-order valence-corrected chi connectivity index (χ1v) is 9.60. The summed E-state index contributed by atoms with van der Waals surface area (Å²) in [5, 5.41) is 3.19. The van der Waals surface area contributed by atoms with Gasteiger partial charge in [-0.3, -0.25) is 9.59 Å². The number of amides is 1. The van der Waals surface area contributed by atoms with Crippen LogP contribution in [0.4, 0.5) is 0 Å². The number of fused-ring (bicyclic) bond motifs is 1. The number of pyridine rings is 1. The van der Waals surface area contributed by atoms with Gasteiger partial charge in [0.2, 0.25) is 5.88 Å². The van der Waals surface area contributed by atoms with Crippen LogP contribution in [0.2, 0.25) is 0 Å². The fourth-order valence-corrected chi connectivity index (χ4v) is 2.98. The summed E-state index contributed by atoms with van der Waals surface area (Å²) in [5.41, 5.74) is 1.90. The van der Waals surface area contributed by atoms with E-state index in [1.54, 1.807) is 49.7 Å². The molecule has 2 heterocycles. The van der Waals surface area contributed by atoms with Crippen molar-refractivity contribution in [2.24, 2.45) is 0 Å². The lowest BCUT2D eigenvalue weighted by Gasteiger charge is -2.09. The van der Waals surface area contributed by atoms with E-state index in [4.69, 9.17) is 9.47 Å². The summed E-state index contributed by atoms with van der Waals surface area (Å²) < 4.78 is 10.9. The maximum absolute atomic E-state index is 12.5. The first-order valence-electron chi connectivity index (χ1n) is 9.60. The molecule has 0 spiro atoms. The molecule has 0 aliphatic heterocycles. The third-order valence-electron chi connectivity index (χ3n) is 4.63. The summed E-state index contributed by atoms with van der Waals surface area (Å²) in [6.45, 7) is 0.589. The van der Waals surface area contributed by atoms with E-state index in [1.165, 1.54) is 0 Å². The maximum Gasteiger partial charge on any atom is 0.287 e. The SMILES string of the molecule is COc1ccc(COc2cc(CNC(=O)c3nc4ccccc4c(=O)[nH]3)ccn2)cc1. The van der Waals surface area contributed by atoms with E-state index in [0.29, 0.717) is 23.4 Å². The van der Waals surface area contributed by atoms with Crippen LogP contribution in [0.5, 0.6) is 11.6 Å². The molecular formula is C23H20N4O4. The molecule has 0 radical (unpaired) electrons. The van der Waals surface area contributed by atoms with Gasteiger partial charge in [-0.2, -0.15) is 0 Å². The normalized spacial score (nSPS) is 10.6. The van der Waals surface area contributed by atoms with Crippen LogP contribution < -0.4 is 20.3 Å². The number of aromatic nitrogens is 3. The zero-order chi connectivity index (χ0) is 21.6. The summed E-state index contributed by atoms with van der Waals surface area (Å²) in [4.78, 5) is 35.5. The first-order chi connectivity index (χ1) is 15.1. The van der Waals surface area contributed by atoms with E-state index in [2.05, 4.69) is 20.3 Å². The zero-order valence-corrected chi connectivity index (χ0v) is 16.8. The minimum Gasteiger partial charge on any atom is -0.497 e. The van der Waals surface area contributed by atoms with Gasteiger partial charge in [0.05, 0.1) is 18.0 Å². The molecule has 8 nitrogen and oxygen atoms in total. The van der Waals surface area contributed by atoms with Crippen LogP contribution in [-0.2, 0) is 13.2 Å². The van der Waals surface area contributed by atoms with Gasteiger partial charge in [0, 0.05) is 18.8 Å². The van der Waals surface area contributed by atoms with Gasteiger partial charge in [0.15, 0.2) is 5.82 Å². The highest BCUT2D eigenvalue weighted by molar-refractivity contribution is 5.92. The van der Waals surface area contributed by atoms with Crippen LogP contribution in [0.15, 0.2) is 71.7 Å². The highest BCUT2D eigenvalue weighted by Gasteiger charge is 2.11. The number of carbonyl (C=O) groups excluding carboxylic acids is 1. The van der Waals surface area contributed by atoms with E-state index in [9.17, 15) is 9.59 Å². The molecule has 2 N–H and O–H groups in total. The molecule has 0 unspecified atom stereocenters. The van der Waals surface area contributed by atoms with Gasteiger partial charge in [-0.15, -0.1) is 0 Å². The molecule has 156 valence electrons. The van der Waals surface area contributed by atoms with Crippen molar-refractivity contribution in [2.75, 3.05) is 7.11 Å². The minimum atomic E-state index is -0.472. The molecule has 0 aliphatic rings. The smallest absolute Gasteiger partial charge is 0.287 e. The van der Waals surface area contributed by atoms with Crippen molar-refractivity contribution in [3.63, 3.8) is 0 Å². The Kier molecular flexibility index (Phi) is 5.89. The number of H-pyrrole nitrogens is 1. The number of hydrogen-bond acceptors (Lipinski definition) is 6. The predicted octanol–water partition coefficient (Wildman–Crippen LogP) is 2.84. The Morgan fingerprint density at radius 1 is 1.06 bits per heavy atom. The first kappa shape index (κ1) is 20.1. The molecule has 4 rings (SSSR count). The van der Waals surface area contributed by atoms with Crippen LogP contribution >= 0.6 is 0 Å². The van der Waals surface area contributed by atoms with Gasteiger partial charge in [-0.05, 0) is 41.5 Å². The summed E-state index contributed by atoms with van der Waals surface area (Å²) in [7, 11) is 1.62. The molecule has 0 saturated carbocycles. The fraction of sp³-hybridized carbons (Fsp3) is 0.130. The van der Waals surface area contributed by atoms with Gasteiger partial charge >= 0.3 is 0 Å². The Morgan fingerprint density at radius 2 is 1.87 bits per heavy atom. The number of hydrogen-bond donors (Lipinski definition) is 2. The molecule has 2 aromatic carbocycles. The Hall–Kier alpha value is -4.20. The Labute approximate surface area is 177 Å². The molecular weight excluding hydrogens is 396 g/mol. The number of benzene rings is 2. The summed E-state index contributed by atoms with van der Waals surface area (Å²) in [5.74, 6) is 0.718. The molecule has 2 aromatic heterocycles. The second-order valence-corrected chi connectivity index (χ2v) is 6.75. The van der Waals surface area contributed by atoms with Crippen LogP contribution in [0.3, 0.4) is 0 Å². The molecule has 0 atom stereocenters. The number of rotatable bonds is 7. The van der Waals surface area contributed by atoms with Crippen molar-refractivity contribution in [3.8, 4) is 11.6 Å². The molecule has 31 heavy (non-hydrogen) atoms. The fourth-order valence-electron chi connectivity index (χ4n) is 2.98. The van der Waals surface area contributed by atoms with Crippen LogP contribution in [0.1, 0.15) is 21.7 Å². The summed E-state index contributed by atoms with van der Waals surface area (Å²) in [6, 6.07) is 18.0. The number of nitrogens with zero attached hydrogens (tertiary/aromatic N) is 2. The Bertz CT molecular complexity index is 1270. The van der Waals surface area contributed by atoms with E-state index in [0.717, 1.165) is 16.9 Å². The van der Waals surface area contributed by atoms with Crippen molar-refractivity contribution >= 4 is 16.8 Å². The van der Waals surface area contributed by atoms with Gasteiger partial charge in [0.25, 0.3) is 11.5 Å². The molecule has 0 aliphatic carbocycles. The average Bonchev–Trinajstić information content (AvgIpc) is 2.82. The molecule has 8 heteroatoms. The zero-order valence-electron chi connectivity index (χ0n) is 16.8. The largest absolute Gasteiger partial charge is 0.497 e. The lowest BCUT2D eigenvalue weighted by Crippen LogP contribution is -2.27. The van der Waals surface area contributed by atoms with Gasteiger partial charge in [-0.1, -0.05) is 24.3 Å². The predicted molar refractivity (Wildman–Crippen MR) is 115 cm³/mol. The lowest BCUT2D eigenvalue weighted by molar-refractivity contribution is 0.0940. The second kappa shape index (κ2) is 9.08. The number of para-hydroxylation sites is 1. The molecule has 0 saturated heterocycles. The molecule has 4 aromatic rings. The molecule has 0 fully saturated rings. The highest BCUT2D eigenvalue weighted by Crippen LogP contribution is 2.15. The van der Waals surface area contributed by atoms with Crippen molar-refractivity contribution in [2.45, 2.75) is 13.2 Å². The van der Waals surface area contributed by atoms with E-state index in [1.807, 2.05) is 24.3 Å². The molecule has 1 amide bonds. The van der Waals surface area contributed by atoms with Crippen molar-refractivity contribution in [3.05, 3.63) is 94.2 Å². The van der Waals surface area contributed by atoms with Gasteiger partial charge in [-0.25, -0.2) is 9.97 Å². The van der Waals surface area contributed by atoms with Crippen LogP contribution in [0.25, 0.3) is 10.9 Å². The number of aromatic amines is 1. The lowest BCUT2D eigenvalue weighted by atomic mass is 10.2. The van der Waals surface area contributed by atoms with Gasteiger partial charge < -0.3 is 19.8 Å². The van der Waals surface area contributed by atoms with Crippen LogP contribution in [-0.4, -0.2) is 28.0 Å². The average molecular weight is 416 g/mol. The van der Waals surface area contributed by atoms with Gasteiger partial charge in [0.1, 0.15) is 12.4 Å².